The van der Waals surface area contributed by atoms with Gasteiger partial charge in [-0.05, 0) is 59.9 Å². The molecule has 21 heavy (non-hydrogen) atoms. The number of nitrogens with one attached hydrogen (secondary N) is 1. The lowest BCUT2D eigenvalue weighted by molar-refractivity contribution is 0.547. The third-order valence-electron chi connectivity index (χ3n) is 4.62. The van der Waals surface area contributed by atoms with Crippen LogP contribution in [0.2, 0.25) is 0 Å². The average Bonchev–Trinajstić information content (AvgIpc) is 3.00. The quantitative estimate of drug-likeness (QED) is 0.650. The summed E-state index contributed by atoms with van der Waals surface area (Å²) in [6.07, 6.45) is 5.76. The Kier molecular flexibility index (Phi) is 4.37. The number of nitrogens with two attached hydrogens (primary N) is 1. The Morgan fingerprint density at radius 3 is 2.71 bits per heavy atom. The Balaban J connectivity index is 1.84. The van der Waals surface area contributed by atoms with E-state index in [4.69, 9.17) is 5.84 Å². The van der Waals surface area contributed by atoms with Crippen molar-refractivity contribution in [3.05, 3.63) is 70.3 Å². The molecule has 0 saturated carbocycles. The van der Waals surface area contributed by atoms with Crippen molar-refractivity contribution < 1.29 is 0 Å². The normalized spacial score (nSPS) is 15.0. The molecule has 3 N–H and O–H groups in total. The predicted molar refractivity (Wildman–Crippen MR) is 88.1 cm³/mol. The van der Waals surface area contributed by atoms with Crippen LogP contribution in [0.4, 0.5) is 0 Å². The molecule has 2 nitrogen and oxygen atoms in total. The molecule has 0 aromatic heterocycles. The largest absolute Gasteiger partial charge is 0.271 e. The van der Waals surface area contributed by atoms with Gasteiger partial charge in [0.1, 0.15) is 0 Å². The van der Waals surface area contributed by atoms with Gasteiger partial charge in [-0.15, -0.1) is 0 Å². The van der Waals surface area contributed by atoms with Gasteiger partial charge in [0.25, 0.3) is 0 Å². The second kappa shape index (κ2) is 6.42. The highest BCUT2D eigenvalue weighted by Crippen LogP contribution is 2.26. The molecule has 0 fully saturated rings. The molecular weight excluding hydrogens is 256 g/mol. The van der Waals surface area contributed by atoms with Crippen molar-refractivity contribution in [1.82, 2.24) is 5.43 Å². The lowest BCUT2D eigenvalue weighted by Gasteiger charge is -2.20. The van der Waals surface area contributed by atoms with E-state index in [1.54, 1.807) is 0 Å². The third kappa shape index (κ3) is 3.02. The molecule has 0 amide bonds. The van der Waals surface area contributed by atoms with E-state index in [0.717, 1.165) is 12.8 Å². The van der Waals surface area contributed by atoms with Crippen molar-refractivity contribution in [3.8, 4) is 0 Å². The van der Waals surface area contributed by atoms with Crippen molar-refractivity contribution in [1.29, 1.82) is 0 Å². The molecule has 2 heteroatoms. The van der Waals surface area contributed by atoms with Gasteiger partial charge in [0.15, 0.2) is 0 Å². The average molecular weight is 280 g/mol. The number of hydrazine groups is 1. The summed E-state index contributed by atoms with van der Waals surface area (Å²) in [4.78, 5) is 0. The summed E-state index contributed by atoms with van der Waals surface area (Å²) in [5, 5.41) is 0. The van der Waals surface area contributed by atoms with E-state index < -0.39 is 0 Å². The first kappa shape index (κ1) is 14.3. The number of fused-ring (bicyclic) bond motifs is 1. The van der Waals surface area contributed by atoms with Crippen LogP contribution >= 0.6 is 0 Å². The van der Waals surface area contributed by atoms with Crippen LogP contribution < -0.4 is 11.3 Å². The fourth-order valence-electron chi connectivity index (χ4n) is 3.44. The fourth-order valence-corrected chi connectivity index (χ4v) is 3.44. The summed E-state index contributed by atoms with van der Waals surface area (Å²) in [6, 6.07) is 15.7. The van der Waals surface area contributed by atoms with Gasteiger partial charge in [-0.2, -0.15) is 0 Å². The Bertz CT molecular complexity index is 619. The molecule has 0 spiro atoms. The molecule has 0 saturated heterocycles. The maximum Gasteiger partial charge on any atom is 0.0503 e. The highest BCUT2D eigenvalue weighted by molar-refractivity contribution is 5.37. The molecule has 2 aromatic carbocycles. The number of rotatable bonds is 5. The Morgan fingerprint density at radius 2 is 1.90 bits per heavy atom. The van der Waals surface area contributed by atoms with Crippen molar-refractivity contribution in [2.75, 3.05) is 0 Å². The number of aryl methyl sites for hydroxylation is 3. The first-order valence-corrected chi connectivity index (χ1v) is 7.96. The molecule has 1 aliphatic rings. The number of hydrogen-bond donors (Lipinski definition) is 2. The zero-order valence-electron chi connectivity index (χ0n) is 12.7. The van der Waals surface area contributed by atoms with Gasteiger partial charge in [0.2, 0.25) is 0 Å². The van der Waals surface area contributed by atoms with Crippen LogP contribution in [0.5, 0.6) is 0 Å². The number of benzene rings is 2. The Morgan fingerprint density at radius 1 is 1.10 bits per heavy atom. The minimum Gasteiger partial charge on any atom is -0.271 e. The van der Waals surface area contributed by atoms with E-state index in [1.165, 1.54) is 47.1 Å². The van der Waals surface area contributed by atoms with Crippen LogP contribution in [-0.2, 0) is 25.7 Å². The summed E-state index contributed by atoms with van der Waals surface area (Å²) >= 11 is 0. The summed E-state index contributed by atoms with van der Waals surface area (Å²) in [5.41, 5.74) is 10.2. The minimum atomic E-state index is 0.181. The molecule has 110 valence electrons. The Labute approximate surface area is 127 Å². The van der Waals surface area contributed by atoms with E-state index in [9.17, 15) is 0 Å². The molecule has 0 aliphatic heterocycles. The van der Waals surface area contributed by atoms with Crippen molar-refractivity contribution >= 4 is 0 Å². The summed E-state index contributed by atoms with van der Waals surface area (Å²) in [6.45, 7) is 2.20. The van der Waals surface area contributed by atoms with Gasteiger partial charge in [-0.1, -0.05) is 49.4 Å². The highest BCUT2D eigenvalue weighted by atomic mass is 15.2. The van der Waals surface area contributed by atoms with E-state index in [1.807, 2.05) is 0 Å². The molecule has 1 unspecified atom stereocenters. The van der Waals surface area contributed by atoms with Crippen LogP contribution in [0, 0.1) is 0 Å². The first-order valence-electron chi connectivity index (χ1n) is 7.96. The minimum absolute atomic E-state index is 0.181. The second-order valence-corrected chi connectivity index (χ2v) is 5.93. The molecule has 3 rings (SSSR count). The molecule has 1 atom stereocenters. The zero-order chi connectivity index (χ0) is 14.7. The van der Waals surface area contributed by atoms with Crippen molar-refractivity contribution in [2.24, 2.45) is 5.84 Å². The maximum atomic E-state index is 5.84. The summed E-state index contributed by atoms with van der Waals surface area (Å²) in [7, 11) is 0. The van der Waals surface area contributed by atoms with E-state index in [-0.39, 0.29) is 6.04 Å². The van der Waals surface area contributed by atoms with Gasteiger partial charge >= 0.3 is 0 Å². The molecule has 0 radical (unpaired) electrons. The van der Waals surface area contributed by atoms with Crippen LogP contribution in [0.25, 0.3) is 0 Å². The summed E-state index contributed by atoms with van der Waals surface area (Å²) in [5.74, 6) is 5.84. The van der Waals surface area contributed by atoms with Gasteiger partial charge in [0.05, 0.1) is 6.04 Å². The lowest BCUT2D eigenvalue weighted by atomic mass is 9.93. The van der Waals surface area contributed by atoms with Crippen molar-refractivity contribution in [2.45, 2.75) is 45.1 Å². The second-order valence-electron chi connectivity index (χ2n) is 5.93. The molecule has 1 aliphatic carbocycles. The topological polar surface area (TPSA) is 38.0 Å². The SMILES string of the molecule is CCc1ccccc1C(Cc1ccc2c(c1)CCC2)NN. The number of hydrogen-bond acceptors (Lipinski definition) is 2. The van der Waals surface area contributed by atoms with Gasteiger partial charge in [0, 0.05) is 0 Å². The molecular formula is C19H24N2. The molecule has 0 bridgehead atoms. The zero-order valence-corrected chi connectivity index (χ0v) is 12.7. The maximum absolute atomic E-state index is 5.84. The van der Waals surface area contributed by atoms with E-state index in [0.29, 0.717) is 0 Å². The van der Waals surface area contributed by atoms with Crippen LogP contribution in [0.3, 0.4) is 0 Å². The van der Waals surface area contributed by atoms with Gasteiger partial charge < -0.3 is 0 Å². The van der Waals surface area contributed by atoms with E-state index >= 15 is 0 Å². The van der Waals surface area contributed by atoms with Crippen LogP contribution in [0.15, 0.2) is 42.5 Å². The first-order chi connectivity index (χ1) is 10.3. The smallest absolute Gasteiger partial charge is 0.0503 e. The lowest BCUT2D eigenvalue weighted by Crippen LogP contribution is -2.30. The van der Waals surface area contributed by atoms with E-state index in [2.05, 4.69) is 54.8 Å². The highest BCUT2D eigenvalue weighted by Gasteiger charge is 2.16. The third-order valence-corrected chi connectivity index (χ3v) is 4.62. The predicted octanol–water partition coefficient (Wildman–Crippen LogP) is 3.48. The van der Waals surface area contributed by atoms with Gasteiger partial charge in [-0.3, -0.25) is 11.3 Å². The summed E-state index contributed by atoms with van der Waals surface area (Å²) < 4.78 is 0. The Hall–Kier alpha value is -1.64. The van der Waals surface area contributed by atoms with Crippen LogP contribution in [-0.4, -0.2) is 0 Å². The molecule has 0 heterocycles. The molecule has 2 aromatic rings. The standard InChI is InChI=1S/C19H24N2/c1-2-15-6-3-4-9-18(15)19(21-20)13-14-10-11-16-7-5-8-17(16)12-14/h3-4,6,9-12,19,21H,2,5,7-8,13,20H2,1H3. The fraction of sp³-hybridized carbons (Fsp3) is 0.368. The van der Waals surface area contributed by atoms with Crippen LogP contribution in [0.1, 0.15) is 47.2 Å². The van der Waals surface area contributed by atoms with Crippen molar-refractivity contribution in [3.63, 3.8) is 0 Å². The monoisotopic (exact) mass is 280 g/mol. The van der Waals surface area contributed by atoms with Gasteiger partial charge in [-0.25, -0.2) is 0 Å².